The van der Waals surface area contributed by atoms with E-state index < -0.39 is 18.0 Å². The van der Waals surface area contributed by atoms with Crippen LogP contribution in [0.15, 0.2) is 42.5 Å². The van der Waals surface area contributed by atoms with Crippen molar-refractivity contribution in [2.45, 2.75) is 26.0 Å². The molecule has 1 atom stereocenters. The summed E-state index contributed by atoms with van der Waals surface area (Å²) in [6.45, 7) is 2.69. The molecule has 2 aromatic carbocycles. The SMILES string of the molecule is C[C@H](OC(=O)Cc1ccc2c(c1)OCCO2)C(=O)NCc1ccc(F)cc1. The van der Waals surface area contributed by atoms with E-state index in [1.807, 2.05) is 0 Å². The Hall–Kier alpha value is -3.09. The fourth-order valence-electron chi connectivity index (χ4n) is 2.59. The summed E-state index contributed by atoms with van der Waals surface area (Å²) in [5.74, 6) is -0.0407. The molecule has 0 bridgehead atoms. The van der Waals surface area contributed by atoms with Crippen LogP contribution in [-0.2, 0) is 27.3 Å². The Morgan fingerprint density at radius 2 is 1.74 bits per heavy atom. The number of carbonyl (C=O) groups is 2. The third-order valence-electron chi connectivity index (χ3n) is 4.01. The van der Waals surface area contributed by atoms with Crippen molar-refractivity contribution in [3.63, 3.8) is 0 Å². The van der Waals surface area contributed by atoms with Crippen LogP contribution in [0.5, 0.6) is 11.5 Å². The highest BCUT2D eigenvalue weighted by Gasteiger charge is 2.19. The van der Waals surface area contributed by atoms with Gasteiger partial charge in [0.2, 0.25) is 0 Å². The number of amides is 1. The number of hydrogen-bond acceptors (Lipinski definition) is 5. The molecule has 3 rings (SSSR count). The van der Waals surface area contributed by atoms with Crippen molar-refractivity contribution in [2.24, 2.45) is 0 Å². The first-order valence-corrected chi connectivity index (χ1v) is 8.61. The number of rotatable bonds is 6. The molecular formula is C20H20FNO5. The summed E-state index contributed by atoms with van der Waals surface area (Å²) >= 11 is 0. The van der Waals surface area contributed by atoms with Crippen LogP contribution >= 0.6 is 0 Å². The maximum atomic E-state index is 12.9. The molecule has 0 saturated carbocycles. The van der Waals surface area contributed by atoms with Gasteiger partial charge in [-0.05, 0) is 42.3 Å². The van der Waals surface area contributed by atoms with E-state index in [1.165, 1.54) is 19.1 Å². The Bertz CT molecular complexity index is 822. The van der Waals surface area contributed by atoms with Crippen LogP contribution in [0.2, 0.25) is 0 Å². The molecule has 0 saturated heterocycles. The Kier molecular flexibility index (Phi) is 5.90. The molecule has 0 unspecified atom stereocenters. The van der Waals surface area contributed by atoms with Gasteiger partial charge in [-0.1, -0.05) is 18.2 Å². The number of carbonyl (C=O) groups excluding carboxylic acids is 2. The predicted molar refractivity (Wildman–Crippen MR) is 94.9 cm³/mol. The summed E-state index contributed by atoms with van der Waals surface area (Å²) in [6.07, 6.45) is -0.915. The Balaban J connectivity index is 1.48. The molecule has 2 aromatic rings. The van der Waals surface area contributed by atoms with E-state index in [0.29, 0.717) is 30.3 Å². The normalized spacial score (nSPS) is 13.6. The largest absolute Gasteiger partial charge is 0.486 e. The number of fused-ring (bicyclic) bond motifs is 1. The average molecular weight is 373 g/mol. The quantitative estimate of drug-likeness (QED) is 0.787. The molecule has 0 radical (unpaired) electrons. The molecule has 7 heteroatoms. The van der Waals surface area contributed by atoms with Gasteiger partial charge in [0.05, 0.1) is 6.42 Å². The van der Waals surface area contributed by atoms with Crippen molar-refractivity contribution in [2.75, 3.05) is 13.2 Å². The number of esters is 1. The summed E-state index contributed by atoms with van der Waals surface area (Å²) in [7, 11) is 0. The van der Waals surface area contributed by atoms with E-state index in [1.54, 1.807) is 30.3 Å². The number of ether oxygens (including phenoxy) is 3. The Morgan fingerprint density at radius 1 is 1.07 bits per heavy atom. The molecule has 1 N–H and O–H groups in total. The van der Waals surface area contributed by atoms with Crippen molar-refractivity contribution in [1.82, 2.24) is 5.32 Å². The zero-order valence-corrected chi connectivity index (χ0v) is 14.9. The van der Waals surface area contributed by atoms with Crippen molar-refractivity contribution in [3.8, 4) is 11.5 Å². The smallest absolute Gasteiger partial charge is 0.311 e. The molecule has 1 heterocycles. The molecule has 1 aliphatic heterocycles. The Labute approximate surface area is 156 Å². The number of halogens is 1. The summed E-state index contributed by atoms with van der Waals surface area (Å²) in [4.78, 5) is 24.2. The highest BCUT2D eigenvalue weighted by molar-refractivity contribution is 5.83. The third-order valence-corrected chi connectivity index (χ3v) is 4.01. The first kappa shape index (κ1) is 18.7. The number of benzene rings is 2. The van der Waals surface area contributed by atoms with Gasteiger partial charge in [-0.2, -0.15) is 0 Å². The molecule has 1 aliphatic rings. The fraction of sp³-hybridized carbons (Fsp3) is 0.300. The average Bonchev–Trinajstić information content (AvgIpc) is 2.67. The number of hydrogen-bond donors (Lipinski definition) is 1. The molecule has 0 aliphatic carbocycles. The van der Waals surface area contributed by atoms with Gasteiger partial charge in [-0.15, -0.1) is 0 Å². The van der Waals surface area contributed by atoms with Crippen LogP contribution in [0.1, 0.15) is 18.1 Å². The van der Waals surface area contributed by atoms with E-state index in [9.17, 15) is 14.0 Å². The molecule has 0 aromatic heterocycles. The molecule has 0 spiro atoms. The molecule has 0 fully saturated rings. The van der Waals surface area contributed by atoms with Crippen LogP contribution in [0.3, 0.4) is 0 Å². The van der Waals surface area contributed by atoms with Gasteiger partial charge in [0.15, 0.2) is 17.6 Å². The number of nitrogens with one attached hydrogen (secondary N) is 1. The Morgan fingerprint density at radius 3 is 2.48 bits per heavy atom. The minimum Gasteiger partial charge on any atom is -0.486 e. The molecule has 6 nitrogen and oxygen atoms in total. The minimum absolute atomic E-state index is 0.0201. The van der Waals surface area contributed by atoms with Crippen molar-refractivity contribution < 1.29 is 28.2 Å². The van der Waals surface area contributed by atoms with Crippen molar-refractivity contribution in [3.05, 3.63) is 59.4 Å². The van der Waals surface area contributed by atoms with Crippen LogP contribution in [0.25, 0.3) is 0 Å². The van der Waals surface area contributed by atoms with Gasteiger partial charge >= 0.3 is 5.97 Å². The first-order chi connectivity index (χ1) is 13.0. The maximum absolute atomic E-state index is 12.9. The van der Waals surface area contributed by atoms with E-state index >= 15 is 0 Å². The lowest BCUT2D eigenvalue weighted by Crippen LogP contribution is -2.35. The lowest BCUT2D eigenvalue weighted by Gasteiger charge is -2.19. The fourth-order valence-corrected chi connectivity index (χ4v) is 2.59. The standard InChI is InChI=1S/C20H20FNO5/c1-13(20(24)22-12-14-2-5-16(21)6-3-14)27-19(23)11-15-4-7-17-18(10-15)26-9-8-25-17/h2-7,10,13H,8-9,11-12H2,1H3,(H,22,24)/t13-/m0/s1. The molecule has 1 amide bonds. The summed E-state index contributed by atoms with van der Waals surface area (Å²) in [5, 5.41) is 2.65. The molecule has 142 valence electrons. The van der Waals surface area contributed by atoms with E-state index in [0.717, 1.165) is 5.56 Å². The van der Waals surface area contributed by atoms with Gasteiger partial charge in [-0.3, -0.25) is 9.59 Å². The van der Waals surface area contributed by atoms with Gasteiger partial charge in [0, 0.05) is 6.54 Å². The maximum Gasteiger partial charge on any atom is 0.311 e. The minimum atomic E-state index is -0.935. The van der Waals surface area contributed by atoms with Crippen LogP contribution in [0, 0.1) is 5.82 Å². The third kappa shape index (κ3) is 5.20. The van der Waals surface area contributed by atoms with Gasteiger partial charge in [0.25, 0.3) is 5.91 Å². The summed E-state index contributed by atoms with van der Waals surface area (Å²) in [5.41, 5.74) is 1.46. The van der Waals surface area contributed by atoms with Crippen LogP contribution in [-0.4, -0.2) is 31.2 Å². The van der Waals surface area contributed by atoms with E-state index in [-0.39, 0.29) is 18.8 Å². The topological polar surface area (TPSA) is 73.9 Å². The van der Waals surface area contributed by atoms with Gasteiger partial charge < -0.3 is 19.5 Å². The molecular weight excluding hydrogens is 353 g/mol. The lowest BCUT2D eigenvalue weighted by molar-refractivity contribution is -0.154. The second-order valence-electron chi connectivity index (χ2n) is 6.13. The van der Waals surface area contributed by atoms with Gasteiger partial charge in [-0.25, -0.2) is 4.39 Å². The highest BCUT2D eigenvalue weighted by atomic mass is 19.1. The second-order valence-corrected chi connectivity index (χ2v) is 6.13. The zero-order valence-electron chi connectivity index (χ0n) is 14.9. The highest BCUT2D eigenvalue weighted by Crippen LogP contribution is 2.30. The second kappa shape index (κ2) is 8.53. The van der Waals surface area contributed by atoms with Gasteiger partial charge in [0.1, 0.15) is 19.0 Å². The van der Waals surface area contributed by atoms with E-state index in [2.05, 4.69) is 5.32 Å². The van der Waals surface area contributed by atoms with Crippen LogP contribution in [0.4, 0.5) is 4.39 Å². The molecule has 27 heavy (non-hydrogen) atoms. The summed E-state index contributed by atoms with van der Waals surface area (Å²) < 4.78 is 29.0. The van der Waals surface area contributed by atoms with E-state index in [4.69, 9.17) is 14.2 Å². The van der Waals surface area contributed by atoms with Crippen molar-refractivity contribution >= 4 is 11.9 Å². The zero-order chi connectivity index (χ0) is 19.2. The monoisotopic (exact) mass is 373 g/mol. The first-order valence-electron chi connectivity index (χ1n) is 8.61. The lowest BCUT2D eigenvalue weighted by atomic mass is 10.1. The summed E-state index contributed by atoms with van der Waals surface area (Å²) in [6, 6.07) is 11.0. The van der Waals surface area contributed by atoms with Crippen molar-refractivity contribution in [1.29, 1.82) is 0 Å². The van der Waals surface area contributed by atoms with Crippen LogP contribution < -0.4 is 14.8 Å². The predicted octanol–water partition coefficient (Wildman–Crippen LogP) is 2.39.